The second-order valence-corrected chi connectivity index (χ2v) is 10.2. The topological polar surface area (TPSA) is 81.8 Å². The molecule has 33 heavy (non-hydrogen) atoms. The molecule has 2 aromatic carbocycles. The Balaban J connectivity index is 1.55. The molecule has 5 nitrogen and oxygen atoms in total. The SMILES string of the molecule is COc1ccc(-c2ccc(/C=C/C(=O)O)cc2COCN)cc1C12CC3CC(CC(C3)C1)C2. The van der Waals surface area contributed by atoms with Crippen LogP contribution in [0.5, 0.6) is 5.75 Å². The molecule has 4 aliphatic carbocycles. The van der Waals surface area contributed by atoms with E-state index >= 15 is 0 Å². The average Bonchev–Trinajstić information content (AvgIpc) is 2.80. The molecule has 0 heterocycles. The van der Waals surface area contributed by atoms with Gasteiger partial charge in [0.1, 0.15) is 5.75 Å². The van der Waals surface area contributed by atoms with E-state index in [1.807, 2.05) is 12.1 Å². The van der Waals surface area contributed by atoms with Crippen LogP contribution in [0.3, 0.4) is 0 Å². The van der Waals surface area contributed by atoms with Crippen LogP contribution in [-0.4, -0.2) is 24.9 Å². The molecule has 0 spiro atoms. The molecule has 0 saturated heterocycles. The van der Waals surface area contributed by atoms with E-state index < -0.39 is 5.97 Å². The molecule has 6 rings (SSSR count). The van der Waals surface area contributed by atoms with Gasteiger partial charge in [0.15, 0.2) is 0 Å². The highest BCUT2D eigenvalue weighted by Crippen LogP contribution is 2.62. The molecule has 0 amide bonds. The van der Waals surface area contributed by atoms with E-state index in [9.17, 15) is 4.79 Å². The minimum absolute atomic E-state index is 0.135. The third-order valence-electron chi connectivity index (χ3n) is 8.04. The highest BCUT2D eigenvalue weighted by atomic mass is 16.5. The van der Waals surface area contributed by atoms with Gasteiger partial charge in [0.2, 0.25) is 0 Å². The van der Waals surface area contributed by atoms with Gasteiger partial charge in [0.25, 0.3) is 0 Å². The Morgan fingerprint density at radius 3 is 2.39 bits per heavy atom. The Morgan fingerprint density at radius 2 is 1.79 bits per heavy atom. The van der Waals surface area contributed by atoms with Crippen molar-refractivity contribution in [2.45, 2.75) is 50.5 Å². The second kappa shape index (κ2) is 8.96. The number of nitrogens with two attached hydrogens (primary N) is 1. The van der Waals surface area contributed by atoms with Gasteiger partial charge in [-0.25, -0.2) is 4.79 Å². The third kappa shape index (κ3) is 4.32. The molecular weight excluding hydrogens is 414 g/mol. The maximum absolute atomic E-state index is 10.9. The van der Waals surface area contributed by atoms with E-state index in [0.29, 0.717) is 6.61 Å². The number of hydrogen-bond acceptors (Lipinski definition) is 4. The van der Waals surface area contributed by atoms with Gasteiger partial charge in [0.05, 0.1) is 20.4 Å². The highest BCUT2D eigenvalue weighted by Gasteiger charge is 2.52. The molecule has 0 unspecified atom stereocenters. The lowest BCUT2D eigenvalue weighted by Crippen LogP contribution is -2.48. The van der Waals surface area contributed by atoms with Gasteiger partial charge in [-0.15, -0.1) is 0 Å². The first-order chi connectivity index (χ1) is 16.0. The standard InChI is InChI=1S/C28H33NO4/c1-32-26-6-4-22(12-25(26)28-13-19-8-20(14-28)10-21(9-19)15-28)24-5-2-18(3-7-27(30)31)11-23(24)16-33-17-29/h2-7,11-12,19-21H,8-10,13-17,29H2,1H3,(H,30,31)/b7-3+. The molecule has 4 aliphatic rings. The van der Waals surface area contributed by atoms with E-state index in [1.54, 1.807) is 13.2 Å². The number of carboxylic acids is 1. The van der Waals surface area contributed by atoms with Crippen LogP contribution in [0.1, 0.15) is 55.2 Å². The predicted molar refractivity (Wildman–Crippen MR) is 129 cm³/mol. The number of rotatable bonds is 8. The Labute approximate surface area is 195 Å². The fourth-order valence-electron chi connectivity index (χ4n) is 7.19. The predicted octanol–water partition coefficient (Wildman–Crippen LogP) is 5.36. The Morgan fingerprint density at radius 1 is 1.09 bits per heavy atom. The summed E-state index contributed by atoms with van der Waals surface area (Å²) in [7, 11) is 1.78. The molecule has 4 saturated carbocycles. The van der Waals surface area contributed by atoms with Gasteiger partial charge < -0.3 is 20.3 Å². The van der Waals surface area contributed by atoms with Crippen molar-refractivity contribution in [3.05, 3.63) is 59.2 Å². The summed E-state index contributed by atoms with van der Waals surface area (Å²) in [4.78, 5) is 10.9. The number of ether oxygens (including phenoxy) is 2. The smallest absolute Gasteiger partial charge is 0.328 e. The summed E-state index contributed by atoms with van der Waals surface area (Å²) < 4.78 is 11.4. The molecule has 0 radical (unpaired) electrons. The lowest BCUT2D eigenvalue weighted by molar-refractivity contribution is -0.131. The van der Waals surface area contributed by atoms with Crippen molar-refractivity contribution < 1.29 is 19.4 Å². The van der Waals surface area contributed by atoms with Crippen molar-refractivity contribution in [2.24, 2.45) is 23.5 Å². The summed E-state index contributed by atoms with van der Waals surface area (Å²) in [6.45, 7) is 0.509. The Bertz CT molecular complexity index is 1040. The van der Waals surface area contributed by atoms with Gasteiger partial charge >= 0.3 is 5.97 Å². The normalized spacial score (nSPS) is 27.9. The molecule has 4 bridgehead atoms. The summed E-state index contributed by atoms with van der Waals surface area (Å²) in [6.07, 6.45) is 10.8. The summed E-state index contributed by atoms with van der Waals surface area (Å²) in [6, 6.07) is 12.6. The monoisotopic (exact) mass is 447 g/mol. The maximum atomic E-state index is 10.9. The fourth-order valence-corrected chi connectivity index (χ4v) is 7.19. The van der Waals surface area contributed by atoms with Crippen molar-refractivity contribution in [2.75, 3.05) is 13.8 Å². The van der Waals surface area contributed by atoms with E-state index in [0.717, 1.165) is 51.8 Å². The maximum Gasteiger partial charge on any atom is 0.328 e. The van der Waals surface area contributed by atoms with Gasteiger partial charge in [0, 0.05) is 11.6 Å². The second-order valence-electron chi connectivity index (χ2n) is 10.2. The van der Waals surface area contributed by atoms with E-state index in [-0.39, 0.29) is 12.1 Å². The minimum atomic E-state index is -0.964. The number of benzene rings is 2. The fraction of sp³-hybridized carbons (Fsp3) is 0.464. The average molecular weight is 448 g/mol. The number of carbonyl (C=O) groups is 1. The zero-order chi connectivity index (χ0) is 23.0. The molecule has 0 aromatic heterocycles. The van der Waals surface area contributed by atoms with Crippen molar-refractivity contribution in [1.82, 2.24) is 0 Å². The molecule has 174 valence electrons. The molecular formula is C28H33NO4. The number of hydrogen-bond donors (Lipinski definition) is 2. The summed E-state index contributed by atoms with van der Waals surface area (Å²) in [5, 5.41) is 8.97. The quantitative estimate of drug-likeness (QED) is 0.420. The van der Waals surface area contributed by atoms with Crippen LogP contribution in [-0.2, 0) is 21.6 Å². The van der Waals surface area contributed by atoms with Crippen LogP contribution >= 0.6 is 0 Å². The first-order valence-corrected chi connectivity index (χ1v) is 12.0. The van der Waals surface area contributed by atoms with Gasteiger partial charge in [-0.1, -0.05) is 18.2 Å². The van der Waals surface area contributed by atoms with Crippen molar-refractivity contribution >= 4 is 12.0 Å². The van der Waals surface area contributed by atoms with Crippen molar-refractivity contribution in [3.8, 4) is 16.9 Å². The van der Waals surface area contributed by atoms with E-state index in [1.165, 1.54) is 44.1 Å². The first kappa shape index (κ1) is 22.2. The zero-order valence-electron chi connectivity index (χ0n) is 19.3. The van der Waals surface area contributed by atoms with E-state index in [2.05, 4.69) is 24.3 Å². The minimum Gasteiger partial charge on any atom is -0.496 e. The highest BCUT2D eigenvalue weighted by molar-refractivity contribution is 5.85. The third-order valence-corrected chi connectivity index (χ3v) is 8.04. The van der Waals surface area contributed by atoms with Gasteiger partial charge in [-0.05, 0) is 108 Å². The van der Waals surface area contributed by atoms with Crippen LogP contribution in [0.2, 0.25) is 0 Å². The van der Waals surface area contributed by atoms with E-state index in [4.69, 9.17) is 20.3 Å². The summed E-state index contributed by atoms with van der Waals surface area (Å²) >= 11 is 0. The first-order valence-electron chi connectivity index (χ1n) is 12.0. The lowest BCUT2D eigenvalue weighted by Gasteiger charge is -2.57. The largest absolute Gasteiger partial charge is 0.496 e. The number of methoxy groups -OCH3 is 1. The van der Waals surface area contributed by atoms with Crippen LogP contribution in [0.4, 0.5) is 0 Å². The Kier molecular flexibility index (Phi) is 6.02. The van der Waals surface area contributed by atoms with Crippen molar-refractivity contribution in [1.29, 1.82) is 0 Å². The molecule has 4 fully saturated rings. The van der Waals surface area contributed by atoms with Crippen LogP contribution in [0, 0.1) is 17.8 Å². The van der Waals surface area contributed by atoms with Gasteiger partial charge in [-0.2, -0.15) is 0 Å². The number of aliphatic carboxylic acids is 1. The number of carboxylic acid groups (broad SMARTS) is 1. The molecule has 3 N–H and O–H groups in total. The zero-order valence-corrected chi connectivity index (χ0v) is 19.3. The molecule has 0 aliphatic heterocycles. The van der Waals surface area contributed by atoms with Crippen LogP contribution in [0.25, 0.3) is 17.2 Å². The summed E-state index contributed by atoms with van der Waals surface area (Å²) in [5.41, 5.74) is 11.2. The lowest BCUT2D eigenvalue weighted by atomic mass is 9.48. The molecule has 2 aromatic rings. The van der Waals surface area contributed by atoms with Gasteiger partial charge in [-0.3, -0.25) is 0 Å². The summed E-state index contributed by atoms with van der Waals surface area (Å²) in [5.74, 6) is 2.62. The van der Waals surface area contributed by atoms with Crippen LogP contribution in [0.15, 0.2) is 42.5 Å². The van der Waals surface area contributed by atoms with Crippen molar-refractivity contribution in [3.63, 3.8) is 0 Å². The molecule has 0 atom stereocenters. The molecule has 5 heteroatoms. The Hall–Kier alpha value is -2.63. The van der Waals surface area contributed by atoms with Crippen LogP contribution < -0.4 is 10.5 Å².